The highest BCUT2D eigenvalue weighted by atomic mass is 35.5. The maximum absolute atomic E-state index is 6.08. The van der Waals surface area contributed by atoms with E-state index in [1.807, 2.05) is 18.2 Å². The zero-order chi connectivity index (χ0) is 12.3. The van der Waals surface area contributed by atoms with Gasteiger partial charge in [0.2, 0.25) is 0 Å². The van der Waals surface area contributed by atoms with E-state index in [0.717, 1.165) is 18.0 Å². The maximum Gasteiger partial charge on any atom is 0.137 e. The van der Waals surface area contributed by atoms with Crippen LogP contribution in [-0.4, -0.2) is 38.2 Å². The average molecular weight is 255 g/mol. The molecule has 1 saturated heterocycles. The van der Waals surface area contributed by atoms with Crippen molar-refractivity contribution in [2.75, 3.05) is 32.6 Å². The fourth-order valence-corrected chi connectivity index (χ4v) is 2.51. The van der Waals surface area contributed by atoms with Crippen LogP contribution in [0.5, 0.6) is 5.75 Å². The van der Waals surface area contributed by atoms with Gasteiger partial charge in [-0.1, -0.05) is 11.6 Å². The Morgan fingerprint density at radius 3 is 2.94 bits per heavy atom. The minimum atomic E-state index is 0.635. The molecule has 2 rings (SSSR count). The van der Waals surface area contributed by atoms with Gasteiger partial charge in [0, 0.05) is 18.3 Å². The molecule has 17 heavy (non-hydrogen) atoms. The number of ether oxygens (including phenoxy) is 1. The van der Waals surface area contributed by atoms with Gasteiger partial charge in [0.05, 0.1) is 12.1 Å². The average Bonchev–Trinajstić information content (AvgIpc) is 2.72. The van der Waals surface area contributed by atoms with Crippen LogP contribution in [0.3, 0.4) is 0 Å². The Bertz CT molecular complexity index is 384. The molecule has 4 heteroatoms. The smallest absolute Gasteiger partial charge is 0.137 e. The number of nitrogens with one attached hydrogen (secondary N) is 1. The summed E-state index contributed by atoms with van der Waals surface area (Å²) in [6, 6.07) is 6.44. The van der Waals surface area contributed by atoms with Gasteiger partial charge in [-0.2, -0.15) is 0 Å². The van der Waals surface area contributed by atoms with E-state index < -0.39 is 0 Å². The van der Waals surface area contributed by atoms with Crippen molar-refractivity contribution in [3.05, 3.63) is 23.2 Å². The number of hydrogen-bond donors (Lipinski definition) is 1. The van der Waals surface area contributed by atoms with Crippen molar-refractivity contribution in [1.29, 1.82) is 0 Å². The van der Waals surface area contributed by atoms with E-state index >= 15 is 0 Å². The molecular formula is C13H19ClN2O. The molecule has 0 amide bonds. The van der Waals surface area contributed by atoms with Crippen LogP contribution in [0.25, 0.3) is 0 Å². The second kappa shape index (κ2) is 5.61. The van der Waals surface area contributed by atoms with Crippen molar-refractivity contribution < 1.29 is 4.74 Å². The molecule has 0 bridgehead atoms. The molecule has 3 nitrogen and oxygen atoms in total. The Kier molecular flexibility index (Phi) is 4.13. The summed E-state index contributed by atoms with van der Waals surface area (Å²) in [7, 11) is 3.81. The highest BCUT2D eigenvalue weighted by molar-refractivity contribution is 6.32. The van der Waals surface area contributed by atoms with Crippen LogP contribution >= 0.6 is 11.6 Å². The monoisotopic (exact) mass is 254 g/mol. The van der Waals surface area contributed by atoms with E-state index in [1.54, 1.807) is 7.11 Å². The number of likely N-dealkylation sites (N-methyl/N-ethyl adjacent to an activating group) is 1. The molecule has 1 N–H and O–H groups in total. The van der Waals surface area contributed by atoms with E-state index in [-0.39, 0.29) is 0 Å². The summed E-state index contributed by atoms with van der Waals surface area (Å²) in [5.74, 6) is 0.718. The van der Waals surface area contributed by atoms with Gasteiger partial charge in [-0.25, -0.2) is 0 Å². The molecule has 1 aliphatic rings. The molecule has 0 radical (unpaired) electrons. The lowest BCUT2D eigenvalue weighted by Gasteiger charge is -2.20. The number of nitrogens with zero attached hydrogens (tertiary/aromatic N) is 1. The first-order chi connectivity index (χ1) is 8.20. The topological polar surface area (TPSA) is 24.5 Å². The van der Waals surface area contributed by atoms with E-state index in [4.69, 9.17) is 16.3 Å². The van der Waals surface area contributed by atoms with Crippen LogP contribution < -0.4 is 10.1 Å². The number of likely N-dealkylation sites (tertiary alicyclic amines) is 1. The summed E-state index contributed by atoms with van der Waals surface area (Å²) in [5.41, 5.74) is 1.05. The minimum absolute atomic E-state index is 0.635. The Morgan fingerprint density at radius 2 is 2.35 bits per heavy atom. The van der Waals surface area contributed by atoms with Crippen LogP contribution in [0.1, 0.15) is 12.8 Å². The lowest BCUT2D eigenvalue weighted by molar-refractivity contribution is 0.322. The second-order valence-electron chi connectivity index (χ2n) is 4.51. The first-order valence-electron chi connectivity index (χ1n) is 5.98. The van der Waals surface area contributed by atoms with Gasteiger partial charge in [0.1, 0.15) is 5.75 Å². The highest BCUT2D eigenvalue weighted by Gasteiger charge is 2.20. The molecule has 1 unspecified atom stereocenters. The fourth-order valence-electron chi connectivity index (χ4n) is 2.25. The molecule has 1 heterocycles. The number of anilines is 1. The van der Waals surface area contributed by atoms with Crippen molar-refractivity contribution in [3.63, 3.8) is 0 Å². The van der Waals surface area contributed by atoms with Crippen LogP contribution in [0.15, 0.2) is 18.2 Å². The minimum Gasteiger partial charge on any atom is -0.495 e. The highest BCUT2D eigenvalue weighted by Crippen LogP contribution is 2.27. The van der Waals surface area contributed by atoms with Gasteiger partial charge >= 0.3 is 0 Å². The normalized spacial score (nSPS) is 20.5. The zero-order valence-electron chi connectivity index (χ0n) is 10.4. The molecular weight excluding hydrogens is 236 g/mol. The van der Waals surface area contributed by atoms with Crippen LogP contribution in [0.4, 0.5) is 5.69 Å². The number of benzene rings is 1. The molecule has 94 valence electrons. The van der Waals surface area contributed by atoms with Gasteiger partial charge in [0.15, 0.2) is 0 Å². The van der Waals surface area contributed by atoms with Crippen molar-refractivity contribution >= 4 is 17.3 Å². The van der Waals surface area contributed by atoms with Crippen LogP contribution in [-0.2, 0) is 0 Å². The second-order valence-corrected chi connectivity index (χ2v) is 4.91. The van der Waals surface area contributed by atoms with Crippen molar-refractivity contribution in [2.24, 2.45) is 0 Å². The molecule has 1 aromatic carbocycles. The number of methoxy groups -OCH3 is 1. The predicted molar refractivity (Wildman–Crippen MR) is 72.1 cm³/mol. The lowest BCUT2D eigenvalue weighted by atomic mass is 10.2. The standard InChI is InChI=1S/C13H19ClN2O/c1-16-7-3-4-11(16)9-15-10-5-6-13(17-2)12(14)8-10/h5-6,8,11,15H,3-4,7,9H2,1-2H3. The fraction of sp³-hybridized carbons (Fsp3) is 0.538. The van der Waals surface area contributed by atoms with Crippen molar-refractivity contribution in [2.45, 2.75) is 18.9 Å². The predicted octanol–water partition coefficient (Wildman–Crippen LogP) is 2.85. The molecule has 1 aromatic rings. The van der Waals surface area contributed by atoms with E-state index in [2.05, 4.69) is 17.3 Å². The summed E-state index contributed by atoms with van der Waals surface area (Å²) >= 11 is 6.08. The molecule has 1 aliphatic heterocycles. The summed E-state index contributed by atoms with van der Waals surface area (Å²) in [6.45, 7) is 2.18. The largest absolute Gasteiger partial charge is 0.495 e. The molecule has 0 saturated carbocycles. The number of hydrogen-bond acceptors (Lipinski definition) is 3. The molecule has 0 aliphatic carbocycles. The van der Waals surface area contributed by atoms with Gasteiger partial charge in [-0.3, -0.25) is 0 Å². The van der Waals surface area contributed by atoms with Gasteiger partial charge in [-0.15, -0.1) is 0 Å². The number of halogens is 1. The Balaban J connectivity index is 1.92. The van der Waals surface area contributed by atoms with Gasteiger partial charge in [-0.05, 0) is 44.6 Å². The van der Waals surface area contributed by atoms with E-state index in [1.165, 1.54) is 19.4 Å². The molecule has 1 fully saturated rings. The maximum atomic E-state index is 6.08. The summed E-state index contributed by atoms with van der Waals surface area (Å²) in [6.07, 6.45) is 2.57. The Labute approximate surface area is 108 Å². The summed E-state index contributed by atoms with van der Waals surface area (Å²) in [5, 5.41) is 4.08. The zero-order valence-corrected chi connectivity index (χ0v) is 11.1. The van der Waals surface area contributed by atoms with E-state index in [0.29, 0.717) is 11.1 Å². The Morgan fingerprint density at radius 1 is 1.53 bits per heavy atom. The third-order valence-corrected chi connectivity index (χ3v) is 3.66. The van der Waals surface area contributed by atoms with Gasteiger partial charge < -0.3 is 15.0 Å². The third-order valence-electron chi connectivity index (χ3n) is 3.37. The van der Waals surface area contributed by atoms with Crippen LogP contribution in [0.2, 0.25) is 5.02 Å². The van der Waals surface area contributed by atoms with Crippen molar-refractivity contribution in [3.8, 4) is 5.75 Å². The quantitative estimate of drug-likeness (QED) is 0.894. The van der Waals surface area contributed by atoms with Crippen molar-refractivity contribution in [1.82, 2.24) is 4.90 Å². The Hall–Kier alpha value is -0.930. The molecule has 0 aromatic heterocycles. The first kappa shape index (κ1) is 12.5. The summed E-state index contributed by atoms with van der Waals surface area (Å²) < 4.78 is 5.13. The van der Waals surface area contributed by atoms with E-state index in [9.17, 15) is 0 Å². The third kappa shape index (κ3) is 3.05. The summed E-state index contributed by atoms with van der Waals surface area (Å²) in [4.78, 5) is 2.40. The lowest BCUT2D eigenvalue weighted by Crippen LogP contribution is -2.31. The van der Waals surface area contributed by atoms with Gasteiger partial charge in [0.25, 0.3) is 0 Å². The number of rotatable bonds is 4. The SMILES string of the molecule is COc1ccc(NCC2CCCN2C)cc1Cl. The molecule has 1 atom stereocenters. The van der Waals surface area contributed by atoms with Crippen LogP contribution in [0, 0.1) is 0 Å². The first-order valence-corrected chi connectivity index (χ1v) is 6.36. The molecule has 0 spiro atoms.